The first-order valence-electron chi connectivity index (χ1n) is 10.4. The lowest BCUT2D eigenvalue weighted by molar-refractivity contribution is -0.173. The molecule has 27 heavy (non-hydrogen) atoms. The molecule has 0 spiro atoms. The molecule has 0 amide bonds. The molecule has 0 aliphatic heterocycles. The van der Waals surface area contributed by atoms with Crippen LogP contribution in [0.4, 0.5) is 0 Å². The van der Waals surface area contributed by atoms with Crippen molar-refractivity contribution in [1.29, 1.82) is 0 Å². The van der Waals surface area contributed by atoms with E-state index in [1.807, 2.05) is 0 Å². The summed E-state index contributed by atoms with van der Waals surface area (Å²) in [7, 11) is 0. The first kappa shape index (κ1) is 19.1. The number of hydrogen-bond donors (Lipinski definition) is 3. The van der Waals surface area contributed by atoms with Gasteiger partial charge >= 0.3 is 5.97 Å². The number of aliphatic hydroxyl groups excluding tert-OH is 2. The molecule has 4 rings (SSSR count). The SMILES string of the molecule is C[C@H](C(=O)O)[C@H]1CC[C@H]2[C@@H]3[C@H](O)CC4=CC(=O)CC[C@]4(C)[C@H]3C[C@H](O)[C@]12C. The highest BCUT2D eigenvalue weighted by atomic mass is 16.4. The van der Waals surface area contributed by atoms with Crippen molar-refractivity contribution in [3.05, 3.63) is 11.6 Å². The smallest absolute Gasteiger partial charge is 0.306 e. The Balaban J connectivity index is 1.73. The van der Waals surface area contributed by atoms with Gasteiger partial charge < -0.3 is 15.3 Å². The molecule has 4 aliphatic rings. The summed E-state index contributed by atoms with van der Waals surface area (Å²) < 4.78 is 0. The largest absolute Gasteiger partial charge is 0.481 e. The van der Waals surface area contributed by atoms with Crippen molar-refractivity contribution < 1.29 is 24.9 Å². The molecule has 0 aromatic rings. The molecule has 0 aromatic carbocycles. The quantitative estimate of drug-likeness (QED) is 0.689. The minimum Gasteiger partial charge on any atom is -0.481 e. The van der Waals surface area contributed by atoms with Gasteiger partial charge in [-0.2, -0.15) is 0 Å². The number of carbonyl (C=O) groups is 2. The number of ketones is 1. The van der Waals surface area contributed by atoms with Gasteiger partial charge in [-0.25, -0.2) is 0 Å². The van der Waals surface area contributed by atoms with Gasteiger partial charge in [-0.05, 0) is 67.3 Å². The number of rotatable bonds is 2. The predicted molar refractivity (Wildman–Crippen MR) is 99.8 cm³/mol. The second kappa shape index (κ2) is 6.15. The molecule has 0 radical (unpaired) electrons. The van der Waals surface area contributed by atoms with Crippen molar-refractivity contribution in [2.45, 2.75) is 71.5 Å². The van der Waals surface area contributed by atoms with Gasteiger partial charge in [-0.3, -0.25) is 9.59 Å². The zero-order chi connectivity index (χ0) is 19.7. The maximum Gasteiger partial charge on any atom is 0.306 e. The van der Waals surface area contributed by atoms with E-state index in [-0.39, 0.29) is 34.9 Å². The summed E-state index contributed by atoms with van der Waals surface area (Å²) in [4.78, 5) is 23.6. The number of aliphatic carboxylic acids is 1. The van der Waals surface area contributed by atoms with E-state index in [1.165, 1.54) is 0 Å². The van der Waals surface area contributed by atoms with Crippen LogP contribution < -0.4 is 0 Å². The van der Waals surface area contributed by atoms with Crippen molar-refractivity contribution in [3.8, 4) is 0 Å². The van der Waals surface area contributed by atoms with Crippen molar-refractivity contribution >= 4 is 11.8 Å². The number of aliphatic hydroxyl groups is 2. The Bertz CT molecular complexity index is 699. The van der Waals surface area contributed by atoms with E-state index in [0.717, 1.165) is 24.8 Å². The normalized spacial score (nSPS) is 50.3. The van der Waals surface area contributed by atoms with Crippen LogP contribution >= 0.6 is 0 Å². The molecule has 3 fully saturated rings. The van der Waals surface area contributed by atoms with Gasteiger partial charge in [0, 0.05) is 11.8 Å². The molecule has 5 heteroatoms. The van der Waals surface area contributed by atoms with Crippen LogP contribution in [0.15, 0.2) is 11.6 Å². The van der Waals surface area contributed by atoms with E-state index in [9.17, 15) is 24.9 Å². The van der Waals surface area contributed by atoms with Crippen molar-refractivity contribution in [1.82, 2.24) is 0 Å². The third-order valence-electron chi connectivity index (χ3n) is 9.16. The lowest BCUT2D eigenvalue weighted by Gasteiger charge is -2.61. The Kier molecular flexibility index (Phi) is 4.36. The fourth-order valence-corrected chi connectivity index (χ4v) is 7.52. The van der Waals surface area contributed by atoms with E-state index in [0.29, 0.717) is 19.3 Å². The van der Waals surface area contributed by atoms with Gasteiger partial charge in [0.1, 0.15) is 0 Å². The molecular weight excluding hydrogens is 344 g/mol. The van der Waals surface area contributed by atoms with Gasteiger partial charge in [0.25, 0.3) is 0 Å². The van der Waals surface area contributed by atoms with Crippen LogP contribution in [0.25, 0.3) is 0 Å². The van der Waals surface area contributed by atoms with Crippen LogP contribution in [-0.2, 0) is 9.59 Å². The van der Waals surface area contributed by atoms with Crippen molar-refractivity contribution in [3.63, 3.8) is 0 Å². The molecule has 9 atom stereocenters. The maximum absolute atomic E-state index is 11.9. The molecule has 0 saturated heterocycles. The van der Waals surface area contributed by atoms with Gasteiger partial charge in [-0.15, -0.1) is 0 Å². The summed E-state index contributed by atoms with van der Waals surface area (Å²) in [6, 6.07) is 0. The average molecular weight is 376 g/mol. The molecule has 4 aliphatic carbocycles. The Morgan fingerprint density at radius 3 is 2.59 bits per heavy atom. The van der Waals surface area contributed by atoms with E-state index in [2.05, 4.69) is 13.8 Å². The third kappa shape index (κ3) is 2.50. The third-order valence-corrected chi connectivity index (χ3v) is 9.16. The zero-order valence-electron chi connectivity index (χ0n) is 16.5. The number of fused-ring (bicyclic) bond motifs is 5. The number of carboxylic acid groups (broad SMARTS) is 1. The lowest BCUT2D eigenvalue weighted by atomic mass is 9.45. The first-order valence-corrected chi connectivity index (χ1v) is 10.4. The lowest BCUT2D eigenvalue weighted by Crippen LogP contribution is -2.60. The van der Waals surface area contributed by atoms with Gasteiger partial charge in [0.05, 0.1) is 18.1 Å². The van der Waals surface area contributed by atoms with Crippen LogP contribution in [0.3, 0.4) is 0 Å². The molecule has 5 nitrogen and oxygen atoms in total. The Morgan fingerprint density at radius 2 is 1.93 bits per heavy atom. The number of hydrogen-bond acceptors (Lipinski definition) is 4. The van der Waals surface area contributed by atoms with Crippen LogP contribution in [-0.4, -0.2) is 39.3 Å². The fourth-order valence-electron chi connectivity index (χ4n) is 7.52. The second-order valence-corrected chi connectivity index (χ2v) is 10.0. The summed E-state index contributed by atoms with van der Waals surface area (Å²) in [5.74, 6) is -0.878. The molecule has 150 valence electrons. The highest BCUT2D eigenvalue weighted by Crippen LogP contribution is 2.67. The molecule has 0 aromatic heterocycles. The van der Waals surface area contributed by atoms with Gasteiger partial charge in [0.2, 0.25) is 0 Å². The molecular formula is C22H32O5. The maximum atomic E-state index is 11.9. The molecule has 0 bridgehead atoms. The van der Waals surface area contributed by atoms with Crippen molar-refractivity contribution in [2.75, 3.05) is 0 Å². The van der Waals surface area contributed by atoms with Gasteiger partial charge in [-0.1, -0.05) is 26.3 Å². The molecule has 3 saturated carbocycles. The van der Waals surface area contributed by atoms with Crippen LogP contribution in [0.5, 0.6) is 0 Å². The highest BCUT2D eigenvalue weighted by molar-refractivity contribution is 5.91. The molecule has 0 heterocycles. The number of carbonyl (C=O) groups excluding carboxylic acids is 1. The van der Waals surface area contributed by atoms with E-state index in [4.69, 9.17) is 0 Å². The highest BCUT2D eigenvalue weighted by Gasteiger charge is 2.65. The Labute approximate surface area is 160 Å². The summed E-state index contributed by atoms with van der Waals surface area (Å²) in [5, 5.41) is 31.9. The van der Waals surface area contributed by atoms with Crippen molar-refractivity contribution in [2.24, 2.45) is 40.4 Å². The number of carboxylic acids is 1. The van der Waals surface area contributed by atoms with Crippen LogP contribution in [0.2, 0.25) is 0 Å². The first-order chi connectivity index (χ1) is 12.6. The summed E-state index contributed by atoms with van der Waals surface area (Å²) in [6.45, 7) is 6.02. The molecule has 0 unspecified atom stereocenters. The standard InChI is InChI=1S/C22H32O5/c1-11(20(26)27)14-4-5-15-19-16(10-18(25)22(14,15)3)21(2)7-6-13(23)8-12(21)9-17(19)24/h8,11,14-19,24-25H,4-7,9-10H2,1-3H3,(H,26,27)/t11-,14+,15-,16-,17+,18-,19-,21-,22+/m0/s1. The average Bonchev–Trinajstić information content (AvgIpc) is 2.95. The van der Waals surface area contributed by atoms with Crippen LogP contribution in [0, 0.1) is 40.4 Å². The second-order valence-electron chi connectivity index (χ2n) is 10.0. The van der Waals surface area contributed by atoms with E-state index in [1.54, 1.807) is 13.0 Å². The Morgan fingerprint density at radius 1 is 1.22 bits per heavy atom. The van der Waals surface area contributed by atoms with Crippen LogP contribution in [0.1, 0.15) is 59.3 Å². The fraction of sp³-hybridized carbons (Fsp3) is 0.818. The Hall–Kier alpha value is -1.20. The molecule has 3 N–H and O–H groups in total. The monoisotopic (exact) mass is 376 g/mol. The summed E-state index contributed by atoms with van der Waals surface area (Å²) in [6.07, 6.45) is 4.75. The van der Waals surface area contributed by atoms with E-state index >= 15 is 0 Å². The minimum atomic E-state index is -0.802. The minimum absolute atomic E-state index is 0.0687. The van der Waals surface area contributed by atoms with E-state index < -0.39 is 29.5 Å². The predicted octanol–water partition coefficient (Wildman–Crippen LogP) is 2.80. The summed E-state index contributed by atoms with van der Waals surface area (Å²) in [5.41, 5.74) is 0.440. The van der Waals surface area contributed by atoms with Gasteiger partial charge in [0.15, 0.2) is 5.78 Å². The zero-order valence-corrected chi connectivity index (χ0v) is 16.5. The summed E-state index contributed by atoms with van der Waals surface area (Å²) >= 11 is 0. The topological polar surface area (TPSA) is 94.8 Å².